The van der Waals surface area contributed by atoms with E-state index in [-0.39, 0.29) is 17.9 Å². The Kier molecular flexibility index (Phi) is 8.57. The predicted octanol–water partition coefficient (Wildman–Crippen LogP) is 3.67. The summed E-state index contributed by atoms with van der Waals surface area (Å²) in [5, 5.41) is 0. The van der Waals surface area contributed by atoms with Crippen LogP contribution in [0, 0.1) is 5.92 Å². The summed E-state index contributed by atoms with van der Waals surface area (Å²) >= 11 is 0. The highest BCUT2D eigenvalue weighted by Crippen LogP contribution is 2.46. The van der Waals surface area contributed by atoms with Crippen LogP contribution in [0.15, 0.2) is 30.3 Å². The van der Waals surface area contributed by atoms with E-state index < -0.39 is 7.60 Å². The van der Waals surface area contributed by atoms with Crippen LogP contribution in [-0.2, 0) is 29.8 Å². The van der Waals surface area contributed by atoms with Crippen molar-refractivity contribution in [3.8, 4) is 0 Å². The lowest BCUT2D eigenvalue weighted by atomic mass is 10.1. The van der Waals surface area contributed by atoms with Gasteiger partial charge in [-0.25, -0.2) is 0 Å². The molecule has 0 aliphatic heterocycles. The Balaban J connectivity index is 2.21. The van der Waals surface area contributed by atoms with Crippen molar-refractivity contribution < 1.29 is 23.1 Å². The number of carbonyl (C=O) groups is 1. The number of carbonyl (C=O) groups excluding carboxylic acids is 1. The predicted molar refractivity (Wildman–Crippen MR) is 86.0 cm³/mol. The Morgan fingerprint density at radius 1 is 1.18 bits per heavy atom. The van der Waals surface area contributed by atoms with Crippen LogP contribution < -0.4 is 0 Å². The summed E-state index contributed by atoms with van der Waals surface area (Å²) in [6, 6.07) is 9.95. The topological polar surface area (TPSA) is 61.8 Å². The van der Waals surface area contributed by atoms with Crippen LogP contribution in [0.25, 0.3) is 0 Å². The standard InChI is InChI=1S/C16H25O5P/c1-14(11-21-12-15-7-5-4-6-8-15)9-10-16(17)13-22(18,19-2)20-3/h4-8,14H,9-13H2,1-3H3/t14-/m1/s1. The summed E-state index contributed by atoms with van der Waals surface area (Å²) in [6.07, 6.45) is 0.880. The van der Waals surface area contributed by atoms with E-state index in [2.05, 4.69) is 0 Å². The summed E-state index contributed by atoms with van der Waals surface area (Å²) < 4.78 is 27.0. The van der Waals surface area contributed by atoms with Crippen LogP contribution >= 0.6 is 7.60 Å². The number of ether oxygens (including phenoxy) is 1. The smallest absolute Gasteiger partial charge is 0.337 e. The maximum atomic E-state index is 11.8. The minimum absolute atomic E-state index is 0.109. The Hall–Kier alpha value is -1.00. The molecule has 1 aromatic rings. The molecule has 0 amide bonds. The Labute approximate surface area is 132 Å². The van der Waals surface area contributed by atoms with Gasteiger partial charge in [0.05, 0.1) is 6.61 Å². The molecule has 0 saturated heterocycles. The molecule has 0 saturated carbocycles. The second kappa shape index (κ2) is 9.90. The molecule has 124 valence electrons. The van der Waals surface area contributed by atoms with Crippen LogP contribution in [0.2, 0.25) is 0 Å². The fraction of sp³-hybridized carbons (Fsp3) is 0.562. The number of hydrogen-bond acceptors (Lipinski definition) is 5. The molecule has 0 N–H and O–H groups in total. The lowest BCUT2D eigenvalue weighted by molar-refractivity contribution is -0.117. The van der Waals surface area contributed by atoms with Crippen molar-refractivity contribution in [1.82, 2.24) is 0 Å². The molecular formula is C16H25O5P. The quantitative estimate of drug-likeness (QED) is 0.580. The van der Waals surface area contributed by atoms with E-state index in [1.807, 2.05) is 37.3 Å². The molecule has 0 aromatic heterocycles. The third kappa shape index (κ3) is 7.32. The zero-order valence-electron chi connectivity index (χ0n) is 13.5. The first-order chi connectivity index (χ1) is 10.5. The summed E-state index contributed by atoms with van der Waals surface area (Å²) in [5.41, 5.74) is 1.13. The van der Waals surface area contributed by atoms with Crippen molar-refractivity contribution in [2.24, 2.45) is 5.92 Å². The average Bonchev–Trinajstić information content (AvgIpc) is 2.54. The molecule has 0 fully saturated rings. The molecule has 5 nitrogen and oxygen atoms in total. The molecule has 0 aliphatic rings. The normalized spacial score (nSPS) is 13.0. The van der Waals surface area contributed by atoms with Crippen LogP contribution in [-0.4, -0.2) is 32.8 Å². The third-order valence-corrected chi connectivity index (χ3v) is 5.21. The number of ketones is 1. The van der Waals surface area contributed by atoms with Gasteiger partial charge < -0.3 is 13.8 Å². The molecule has 22 heavy (non-hydrogen) atoms. The van der Waals surface area contributed by atoms with Crippen molar-refractivity contribution >= 4 is 13.4 Å². The Morgan fingerprint density at radius 2 is 1.82 bits per heavy atom. The van der Waals surface area contributed by atoms with Gasteiger partial charge in [0.1, 0.15) is 11.9 Å². The number of benzene rings is 1. The lowest BCUT2D eigenvalue weighted by Crippen LogP contribution is -2.12. The van der Waals surface area contributed by atoms with Gasteiger partial charge >= 0.3 is 7.60 Å². The van der Waals surface area contributed by atoms with Gasteiger partial charge in [-0.2, -0.15) is 0 Å². The number of rotatable bonds is 11. The molecule has 0 spiro atoms. The SMILES string of the molecule is COP(=O)(CC(=O)CC[C@@H](C)COCc1ccccc1)OC. The molecule has 0 heterocycles. The second-order valence-corrected chi connectivity index (χ2v) is 7.59. The van der Waals surface area contributed by atoms with Crippen molar-refractivity contribution in [2.75, 3.05) is 27.0 Å². The largest absolute Gasteiger partial charge is 0.376 e. The van der Waals surface area contributed by atoms with Crippen molar-refractivity contribution in [3.05, 3.63) is 35.9 Å². The minimum Gasteiger partial charge on any atom is -0.376 e. The second-order valence-electron chi connectivity index (χ2n) is 5.32. The molecule has 0 unspecified atom stereocenters. The van der Waals surface area contributed by atoms with Crippen LogP contribution in [0.5, 0.6) is 0 Å². The first kappa shape index (κ1) is 19.0. The van der Waals surface area contributed by atoms with E-state index in [9.17, 15) is 9.36 Å². The zero-order valence-corrected chi connectivity index (χ0v) is 14.4. The number of Topliss-reactive ketones (excluding diaryl/α,β-unsaturated/α-hetero) is 1. The zero-order chi connectivity index (χ0) is 16.4. The molecule has 6 heteroatoms. The van der Waals surface area contributed by atoms with E-state index in [4.69, 9.17) is 13.8 Å². The van der Waals surface area contributed by atoms with Gasteiger partial charge in [0.25, 0.3) is 0 Å². The molecule has 1 rings (SSSR count). The van der Waals surface area contributed by atoms with Gasteiger partial charge in [-0.15, -0.1) is 0 Å². The van der Waals surface area contributed by atoms with Crippen molar-refractivity contribution in [3.63, 3.8) is 0 Å². The maximum Gasteiger partial charge on any atom is 0.337 e. The summed E-state index contributed by atoms with van der Waals surface area (Å²) in [5.74, 6) is 0.152. The molecule has 1 aromatic carbocycles. The van der Waals surface area contributed by atoms with Gasteiger partial charge in [0.15, 0.2) is 0 Å². The van der Waals surface area contributed by atoms with Crippen LogP contribution in [0.3, 0.4) is 0 Å². The molecule has 0 aliphatic carbocycles. The summed E-state index contributed by atoms with van der Waals surface area (Å²) in [6.45, 7) is 3.20. The Morgan fingerprint density at radius 3 is 2.41 bits per heavy atom. The van der Waals surface area contributed by atoms with Crippen LogP contribution in [0.1, 0.15) is 25.3 Å². The van der Waals surface area contributed by atoms with E-state index >= 15 is 0 Å². The highest BCUT2D eigenvalue weighted by atomic mass is 31.2. The van der Waals surface area contributed by atoms with Gasteiger partial charge in [-0.3, -0.25) is 9.36 Å². The van der Waals surface area contributed by atoms with Crippen molar-refractivity contribution in [2.45, 2.75) is 26.4 Å². The van der Waals surface area contributed by atoms with Crippen molar-refractivity contribution in [1.29, 1.82) is 0 Å². The van der Waals surface area contributed by atoms with Gasteiger partial charge in [0, 0.05) is 27.2 Å². The number of hydrogen-bond donors (Lipinski definition) is 0. The lowest BCUT2D eigenvalue weighted by Gasteiger charge is -2.14. The van der Waals surface area contributed by atoms with E-state index in [0.717, 1.165) is 5.56 Å². The summed E-state index contributed by atoms with van der Waals surface area (Å²) in [4.78, 5) is 11.8. The minimum atomic E-state index is -3.24. The first-order valence-electron chi connectivity index (χ1n) is 7.33. The maximum absolute atomic E-state index is 11.8. The fourth-order valence-corrected chi connectivity index (χ4v) is 2.94. The first-order valence-corrected chi connectivity index (χ1v) is 9.06. The van der Waals surface area contributed by atoms with Crippen LogP contribution in [0.4, 0.5) is 0 Å². The third-order valence-electron chi connectivity index (χ3n) is 3.36. The van der Waals surface area contributed by atoms with Gasteiger partial charge in [-0.05, 0) is 17.9 Å². The van der Waals surface area contributed by atoms with E-state index in [1.165, 1.54) is 14.2 Å². The van der Waals surface area contributed by atoms with E-state index in [1.54, 1.807) is 0 Å². The van der Waals surface area contributed by atoms with Gasteiger partial charge in [-0.1, -0.05) is 37.3 Å². The molecular weight excluding hydrogens is 303 g/mol. The van der Waals surface area contributed by atoms with E-state index in [0.29, 0.717) is 26.1 Å². The fourth-order valence-electron chi connectivity index (χ4n) is 1.94. The van der Waals surface area contributed by atoms with Gasteiger partial charge in [0.2, 0.25) is 0 Å². The highest BCUT2D eigenvalue weighted by Gasteiger charge is 2.25. The molecule has 0 radical (unpaired) electrons. The monoisotopic (exact) mass is 328 g/mol. The molecule has 0 bridgehead atoms. The highest BCUT2D eigenvalue weighted by molar-refractivity contribution is 7.54. The summed E-state index contributed by atoms with van der Waals surface area (Å²) in [7, 11) is -0.661. The molecule has 1 atom stereocenters. The Bertz CT molecular complexity index is 481. The average molecular weight is 328 g/mol.